The van der Waals surface area contributed by atoms with Crippen molar-refractivity contribution >= 4 is 0 Å². The smallest absolute Gasteiger partial charge is 0.229 e. The third-order valence-corrected chi connectivity index (χ3v) is 4.47. The summed E-state index contributed by atoms with van der Waals surface area (Å²) in [6.07, 6.45) is 0. The summed E-state index contributed by atoms with van der Waals surface area (Å²) in [5, 5.41) is 0. The Morgan fingerprint density at radius 1 is 1.30 bits per heavy atom. The van der Waals surface area contributed by atoms with Gasteiger partial charge in [-0.2, -0.15) is 0 Å². The number of aryl methyl sites for hydroxylation is 1. The average Bonchev–Trinajstić information content (AvgIpc) is 2.86. The van der Waals surface area contributed by atoms with Crippen LogP contribution in [0.5, 0.6) is 0 Å². The van der Waals surface area contributed by atoms with E-state index in [1.807, 2.05) is 6.92 Å². The lowest BCUT2D eigenvalue weighted by atomic mass is 10.2. The SMILES string of the molecule is Cc1oc(-c2cc(F)ccc2F)nc1CN1CCN(C)[C@@H](C)C1. The maximum atomic E-state index is 13.9. The minimum atomic E-state index is -0.535. The van der Waals surface area contributed by atoms with Gasteiger partial charge in [0.05, 0.1) is 11.3 Å². The van der Waals surface area contributed by atoms with E-state index >= 15 is 0 Å². The Balaban J connectivity index is 1.80. The molecule has 1 aliphatic heterocycles. The van der Waals surface area contributed by atoms with Crippen molar-refractivity contribution in [1.29, 1.82) is 0 Å². The fourth-order valence-corrected chi connectivity index (χ4v) is 2.83. The minimum Gasteiger partial charge on any atom is -0.441 e. The van der Waals surface area contributed by atoms with Gasteiger partial charge in [-0.15, -0.1) is 0 Å². The van der Waals surface area contributed by atoms with E-state index in [1.165, 1.54) is 0 Å². The number of likely N-dealkylation sites (N-methyl/N-ethyl adjacent to an activating group) is 1. The van der Waals surface area contributed by atoms with E-state index in [0.717, 1.165) is 43.5 Å². The number of oxazole rings is 1. The molecule has 2 aromatic rings. The summed E-state index contributed by atoms with van der Waals surface area (Å²) >= 11 is 0. The Bertz CT molecular complexity index is 701. The number of piperazine rings is 1. The Hall–Kier alpha value is -1.79. The second kappa shape index (κ2) is 6.37. The molecule has 6 heteroatoms. The Morgan fingerprint density at radius 3 is 2.83 bits per heavy atom. The van der Waals surface area contributed by atoms with E-state index in [-0.39, 0.29) is 11.5 Å². The molecule has 1 saturated heterocycles. The molecule has 23 heavy (non-hydrogen) atoms. The summed E-state index contributed by atoms with van der Waals surface area (Å²) in [6.45, 7) is 7.56. The van der Waals surface area contributed by atoms with Crippen molar-refractivity contribution in [3.63, 3.8) is 0 Å². The van der Waals surface area contributed by atoms with Crippen LogP contribution in [0.3, 0.4) is 0 Å². The molecule has 0 amide bonds. The highest BCUT2D eigenvalue weighted by Crippen LogP contribution is 2.26. The summed E-state index contributed by atoms with van der Waals surface area (Å²) in [6, 6.07) is 3.77. The average molecular weight is 321 g/mol. The molecule has 1 fully saturated rings. The Labute approximate surface area is 134 Å². The highest BCUT2D eigenvalue weighted by atomic mass is 19.1. The van der Waals surface area contributed by atoms with Crippen LogP contribution in [0, 0.1) is 18.6 Å². The molecule has 2 heterocycles. The molecule has 4 nitrogen and oxygen atoms in total. The molecule has 0 unspecified atom stereocenters. The molecular weight excluding hydrogens is 300 g/mol. The van der Waals surface area contributed by atoms with E-state index in [9.17, 15) is 8.78 Å². The minimum absolute atomic E-state index is 0.0612. The van der Waals surface area contributed by atoms with Crippen molar-refractivity contribution < 1.29 is 13.2 Å². The van der Waals surface area contributed by atoms with Gasteiger partial charge in [-0.3, -0.25) is 4.90 Å². The molecule has 1 aromatic carbocycles. The third kappa shape index (κ3) is 3.43. The predicted molar refractivity (Wildman–Crippen MR) is 84.0 cm³/mol. The predicted octanol–water partition coefficient (Wildman–Crippen LogP) is 3.06. The summed E-state index contributed by atoms with van der Waals surface area (Å²) in [5.74, 6) is -0.258. The van der Waals surface area contributed by atoms with Crippen LogP contribution in [0.2, 0.25) is 0 Å². The summed E-state index contributed by atoms with van der Waals surface area (Å²) in [5.41, 5.74) is 0.839. The second-order valence-corrected chi connectivity index (χ2v) is 6.21. The molecule has 0 saturated carbocycles. The number of aromatic nitrogens is 1. The molecule has 0 radical (unpaired) electrons. The van der Waals surface area contributed by atoms with Gasteiger partial charge < -0.3 is 9.32 Å². The van der Waals surface area contributed by atoms with Crippen LogP contribution in [0.4, 0.5) is 8.78 Å². The van der Waals surface area contributed by atoms with E-state index < -0.39 is 11.6 Å². The molecule has 0 bridgehead atoms. The van der Waals surface area contributed by atoms with Gasteiger partial charge in [0.15, 0.2) is 0 Å². The lowest BCUT2D eigenvalue weighted by molar-refractivity contribution is 0.0988. The largest absolute Gasteiger partial charge is 0.441 e. The van der Waals surface area contributed by atoms with Crippen molar-refractivity contribution in [3.05, 3.63) is 41.3 Å². The first-order valence-electron chi connectivity index (χ1n) is 7.78. The summed E-state index contributed by atoms with van der Waals surface area (Å²) in [7, 11) is 2.12. The Morgan fingerprint density at radius 2 is 2.09 bits per heavy atom. The van der Waals surface area contributed by atoms with Crippen LogP contribution >= 0.6 is 0 Å². The van der Waals surface area contributed by atoms with Gasteiger partial charge in [-0.25, -0.2) is 13.8 Å². The molecule has 3 rings (SSSR count). The highest BCUT2D eigenvalue weighted by Gasteiger charge is 2.23. The van der Waals surface area contributed by atoms with Gasteiger partial charge in [-0.05, 0) is 39.1 Å². The number of halogens is 2. The first-order chi connectivity index (χ1) is 10.9. The zero-order valence-corrected chi connectivity index (χ0v) is 13.6. The van der Waals surface area contributed by atoms with Crippen LogP contribution in [-0.4, -0.2) is 47.5 Å². The van der Waals surface area contributed by atoms with Crippen LogP contribution in [0.1, 0.15) is 18.4 Å². The fraction of sp³-hybridized carbons (Fsp3) is 0.471. The van der Waals surface area contributed by atoms with Gasteiger partial charge in [0, 0.05) is 32.2 Å². The lowest BCUT2D eigenvalue weighted by Gasteiger charge is -2.37. The fourth-order valence-electron chi connectivity index (χ4n) is 2.83. The molecule has 124 valence electrons. The number of benzene rings is 1. The first kappa shape index (κ1) is 16.1. The summed E-state index contributed by atoms with van der Waals surface area (Å²) in [4.78, 5) is 9.02. The van der Waals surface area contributed by atoms with Crippen molar-refractivity contribution in [2.45, 2.75) is 26.4 Å². The Kier molecular flexibility index (Phi) is 4.46. The molecule has 0 N–H and O–H groups in total. The van der Waals surface area contributed by atoms with Gasteiger partial charge in [-0.1, -0.05) is 0 Å². The zero-order valence-electron chi connectivity index (χ0n) is 13.6. The topological polar surface area (TPSA) is 32.5 Å². The van der Waals surface area contributed by atoms with E-state index in [4.69, 9.17) is 4.42 Å². The third-order valence-electron chi connectivity index (χ3n) is 4.47. The van der Waals surface area contributed by atoms with Crippen molar-refractivity contribution in [1.82, 2.24) is 14.8 Å². The highest BCUT2D eigenvalue weighted by molar-refractivity contribution is 5.54. The van der Waals surface area contributed by atoms with Gasteiger partial charge in [0.1, 0.15) is 17.4 Å². The number of nitrogens with zero attached hydrogens (tertiary/aromatic N) is 3. The van der Waals surface area contributed by atoms with E-state index in [2.05, 4.69) is 28.8 Å². The maximum absolute atomic E-state index is 13.9. The summed E-state index contributed by atoms with van der Waals surface area (Å²) < 4.78 is 32.8. The standard InChI is InChI=1S/C17H21F2N3O/c1-11-9-22(7-6-21(11)3)10-16-12(2)23-17(20-16)14-8-13(18)4-5-15(14)19/h4-5,8,11H,6-7,9-10H2,1-3H3/t11-/m0/s1. The first-order valence-corrected chi connectivity index (χ1v) is 7.78. The molecule has 1 atom stereocenters. The number of rotatable bonds is 3. The molecule has 0 spiro atoms. The van der Waals surface area contributed by atoms with E-state index in [0.29, 0.717) is 18.3 Å². The molecule has 0 aliphatic carbocycles. The number of hydrogen-bond acceptors (Lipinski definition) is 4. The van der Waals surface area contributed by atoms with E-state index in [1.54, 1.807) is 0 Å². The van der Waals surface area contributed by atoms with Crippen LogP contribution in [0.25, 0.3) is 11.5 Å². The maximum Gasteiger partial charge on any atom is 0.229 e. The van der Waals surface area contributed by atoms with Crippen molar-refractivity contribution in [2.24, 2.45) is 0 Å². The second-order valence-electron chi connectivity index (χ2n) is 6.21. The van der Waals surface area contributed by atoms with Crippen LogP contribution < -0.4 is 0 Å². The van der Waals surface area contributed by atoms with Crippen molar-refractivity contribution in [3.8, 4) is 11.5 Å². The van der Waals surface area contributed by atoms with Gasteiger partial charge >= 0.3 is 0 Å². The quantitative estimate of drug-likeness (QED) is 0.870. The van der Waals surface area contributed by atoms with Crippen LogP contribution in [0.15, 0.2) is 22.6 Å². The zero-order chi connectivity index (χ0) is 16.6. The monoisotopic (exact) mass is 321 g/mol. The molecule has 1 aromatic heterocycles. The van der Waals surface area contributed by atoms with Gasteiger partial charge in [0.25, 0.3) is 0 Å². The van der Waals surface area contributed by atoms with Gasteiger partial charge in [0.2, 0.25) is 5.89 Å². The number of hydrogen-bond donors (Lipinski definition) is 0. The molecular formula is C17H21F2N3O. The lowest BCUT2D eigenvalue weighted by Crippen LogP contribution is -2.49. The normalized spacial score (nSPS) is 20.1. The molecule has 1 aliphatic rings. The van der Waals surface area contributed by atoms with Crippen LogP contribution in [-0.2, 0) is 6.54 Å². The van der Waals surface area contributed by atoms with Crippen molar-refractivity contribution in [2.75, 3.05) is 26.7 Å².